The second-order valence-corrected chi connectivity index (χ2v) is 18.3. The minimum Gasteiger partial charge on any atom is -0.310 e. The van der Waals surface area contributed by atoms with Gasteiger partial charge in [-0.25, -0.2) is 0 Å². The summed E-state index contributed by atoms with van der Waals surface area (Å²) in [5.41, 5.74) is 24.2. The molecule has 0 unspecified atom stereocenters. The average molecular weight is 877 g/mol. The molecule has 0 amide bonds. The van der Waals surface area contributed by atoms with Gasteiger partial charge < -0.3 is 9.47 Å². The Morgan fingerprint density at radius 3 is 1.26 bits per heavy atom. The van der Waals surface area contributed by atoms with Crippen molar-refractivity contribution in [3.05, 3.63) is 289 Å². The number of para-hydroxylation sites is 3. The summed E-state index contributed by atoms with van der Waals surface area (Å²) in [6, 6.07) is 98.4. The highest BCUT2D eigenvalue weighted by atomic mass is 15.1. The topological polar surface area (TPSA) is 8.17 Å². The number of aromatic nitrogens is 1. The van der Waals surface area contributed by atoms with Crippen molar-refractivity contribution in [2.24, 2.45) is 0 Å². The van der Waals surface area contributed by atoms with E-state index in [1.54, 1.807) is 0 Å². The van der Waals surface area contributed by atoms with Crippen LogP contribution in [0.3, 0.4) is 0 Å². The van der Waals surface area contributed by atoms with Crippen molar-refractivity contribution in [1.29, 1.82) is 0 Å². The first-order chi connectivity index (χ1) is 34.3. The molecule has 1 spiro atoms. The third-order valence-electron chi connectivity index (χ3n) is 14.9. The first-order valence-corrected chi connectivity index (χ1v) is 23.9. The molecule has 0 aliphatic heterocycles. The number of hydrogen-bond acceptors (Lipinski definition) is 1. The summed E-state index contributed by atoms with van der Waals surface area (Å²) in [7, 11) is 0. The van der Waals surface area contributed by atoms with Crippen LogP contribution in [0.4, 0.5) is 17.1 Å². The molecule has 322 valence electrons. The molecule has 1 heterocycles. The third kappa shape index (κ3) is 5.86. The first kappa shape index (κ1) is 39.2. The van der Waals surface area contributed by atoms with E-state index in [4.69, 9.17) is 0 Å². The largest absolute Gasteiger partial charge is 0.310 e. The van der Waals surface area contributed by atoms with E-state index >= 15 is 0 Å². The van der Waals surface area contributed by atoms with E-state index in [1.165, 1.54) is 99.7 Å². The number of nitrogens with zero attached hydrogens (tertiary/aromatic N) is 2. The maximum atomic E-state index is 2.44. The van der Waals surface area contributed by atoms with Gasteiger partial charge in [0.15, 0.2) is 0 Å². The van der Waals surface area contributed by atoms with E-state index < -0.39 is 5.41 Å². The van der Waals surface area contributed by atoms with Crippen LogP contribution in [0, 0.1) is 0 Å². The lowest BCUT2D eigenvalue weighted by molar-refractivity contribution is 0.794. The zero-order valence-corrected chi connectivity index (χ0v) is 37.8. The van der Waals surface area contributed by atoms with Crippen LogP contribution in [-0.2, 0) is 5.41 Å². The molecular formula is C67H44N2. The van der Waals surface area contributed by atoms with E-state index in [1.807, 2.05) is 0 Å². The average Bonchev–Trinajstić information content (AvgIpc) is 4.04. The molecule has 0 N–H and O–H groups in total. The lowest BCUT2D eigenvalue weighted by Crippen LogP contribution is -2.25. The van der Waals surface area contributed by atoms with Crippen LogP contribution >= 0.6 is 0 Å². The first-order valence-electron chi connectivity index (χ1n) is 23.9. The molecule has 1 aromatic heterocycles. The minimum absolute atomic E-state index is 0.422. The Balaban J connectivity index is 0.907. The van der Waals surface area contributed by atoms with Gasteiger partial charge in [-0.1, -0.05) is 212 Å². The molecule has 12 aromatic rings. The summed E-state index contributed by atoms with van der Waals surface area (Å²) in [5.74, 6) is 0. The van der Waals surface area contributed by atoms with Crippen LogP contribution in [0.1, 0.15) is 22.3 Å². The van der Waals surface area contributed by atoms with Gasteiger partial charge in [0, 0.05) is 33.4 Å². The molecule has 0 radical (unpaired) electrons. The molecule has 2 nitrogen and oxygen atoms in total. The molecule has 11 aromatic carbocycles. The molecule has 0 saturated carbocycles. The van der Waals surface area contributed by atoms with Crippen molar-refractivity contribution in [2.45, 2.75) is 5.41 Å². The van der Waals surface area contributed by atoms with Gasteiger partial charge in [-0.05, 0) is 127 Å². The molecule has 2 aliphatic rings. The highest BCUT2D eigenvalue weighted by molar-refractivity contribution is 6.09. The number of benzene rings is 11. The fourth-order valence-electron chi connectivity index (χ4n) is 11.9. The zero-order valence-electron chi connectivity index (χ0n) is 37.8. The van der Waals surface area contributed by atoms with Gasteiger partial charge in [0.05, 0.1) is 22.1 Å². The Kier molecular flexibility index (Phi) is 8.84. The molecule has 0 atom stereocenters. The summed E-state index contributed by atoms with van der Waals surface area (Å²) < 4.78 is 2.38. The summed E-state index contributed by atoms with van der Waals surface area (Å²) in [5, 5.41) is 2.54. The lowest BCUT2D eigenvalue weighted by atomic mass is 9.70. The molecule has 69 heavy (non-hydrogen) atoms. The molecule has 0 saturated heterocycles. The fraction of sp³-hybridized carbons (Fsp3) is 0.0149. The van der Waals surface area contributed by atoms with Gasteiger partial charge >= 0.3 is 0 Å². The summed E-state index contributed by atoms with van der Waals surface area (Å²) >= 11 is 0. The van der Waals surface area contributed by atoms with Crippen LogP contribution in [0.15, 0.2) is 267 Å². The van der Waals surface area contributed by atoms with Crippen molar-refractivity contribution in [3.8, 4) is 61.3 Å². The molecule has 0 fully saturated rings. The Hall–Kier alpha value is -8.98. The quantitative estimate of drug-likeness (QED) is 0.155. The molecule has 0 bridgehead atoms. The zero-order chi connectivity index (χ0) is 45.5. The number of rotatable bonds is 7. The number of fused-ring (bicyclic) bond motifs is 13. The number of hydrogen-bond donors (Lipinski definition) is 0. The fourth-order valence-corrected chi connectivity index (χ4v) is 11.9. The van der Waals surface area contributed by atoms with Crippen LogP contribution in [0.5, 0.6) is 0 Å². The Morgan fingerprint density at radius 1 is 0.275 bits per heavy atom. The molecular weight excluding hydrogens is 833 g/mol. The van der Waals surface area contributed by atoms with Gasteiger partial charge in [-0.15, -0.1) is 0 Å². The smallest absolute Gasteiger partial charge is 0.0725 e. The van der Waals surface area contributed by atoms with Gasteiger partial charge in [0.25, 0.3) is 0 Å². The van der Waals surface area contributed by atoms with Crippen LogP contribution in [-0.4, -0.2) is 4.57 Å². The normalized spacial score (nSPS) is 12.8. The van der Waals surface area contributed by atoms with E-state index in [0.717, 1.165) is 22.7 Å². The summed E-state index contributed by atoms with van der Waals surface area (Å²) in [6.07, 6.45) is 0. The Bertz CT molecular complexity index is 3840. The van der Waals surface area contributed by atoms with Crippen molar-refractivity contribution < 1.29 is 0 Å². The lowest BCUT2D eigenvalue weighted by Gasteiger charge is -2.31. The van der Waals surface area contributed by atoms with E-state index in [0.29, 0.717) is 0 Å². The highest BCUT2D eigenvalue weighted by Crippen LogP contribution is 2.64. The van der Waals surface area contributed by atoms with E-state index in [-0.39, 0.29) is 0 Å². The molecule has 2 aliphatic carbocycles. The monoisotopic (exact) mass is 876 g/mol. The standard InChI is InChI=1S/C67H44N2/c1-2-17-45(18-3-1)46-33-39-49(40-34-46)68(50-41-35-47(36-42-50)48-37-43-51(44-38-48)69-64-31-14-7-21-54(64)55-22-8-15-32-65(55)69)63-30-13-9-23-56(63)57-25-16-29-62-66(57)58-24-6-12-28-61(58)67(62)59-26-10-4-19-52(59)53-20-5-11-27-60(53)67/h1-44H. The number of anilines is 3. The van der Waals surface area contributed by atoms with Gasteiger partial charge in [-0.2, -0.15) is 0 Å². The predicted octanol–water partition coefficient (Wildman–Crippen LogP) is 17.6. The van der Waals surface area contributed by atoms with Crippen LogP contribution < -0.4 is 4.90 Å². The van der Waals surface area contributed by atoms with E-state index in [9.17, 15) is 0 Å². The van der Waals surface area contributed by atoms with Gasteiger partial charge in [0.2, 0.25) is 0 Å². The second-order valence-electron chi connectivity index (χ2n) is 18.3. The Labute approximate surface area is 402 Å². The molecule has 2 heteroatoms. The van der Waals surface area contributed by atoms with Crippen LogP contribution in [0.2, 0.25) is 0 Å². The highest BCUT2D eigenvalue weighted by Gasteiger charge is 2.52. The SMILES string of the molecule is c1ccc(-c2ccc(N(c3ccc(-c4ccc(-n5c6ccccc6c6ccccc65)cc4)cc3)c3ccccc3-c3cccc4c3-c3ccccc3C43c4ccccc4-c4ccccc43)cc2)cc1. The van der Waals surface area contributed by atoms with Crippen molar-refractivity contribution in [1.82, 2.24) is 4.57 Å². The minimum atomic E-state index is -0.422. The van der Waals surface area contributed by atoms with Crippen molar-refractivity contribution >= 4 is 38.9 Å². The maximum Gasteiger partial charge on any atom is 0.0725 e. The van der Waals surface area contributed by atoms with Crippen molar-refractivity contribution in [3.63, 3.8) is 0 Å². The summed E-state index contributed by atoms with van der Waals surface area (Å²) in [4.78, 5) is 2.44. The predicted molar refractivity (Wildman–Crippen MR) is 288 cm³/mol. The third-order valence-corrected chi connectivity index (χ3v) is 14.9. The van der Waals surface area contributed by atoms with E-state index in [2.05, 4.69) is 276 Å². The van der Waals surface area contributed by atoms with Gasteiger partial charge in [-0.3, -0.25) is 0 Å². The van der Waals surface area contributed by atoms with Gasteiger partial charge in [0.1, 0.15) is 0 Å². The Morgan fingerprint density at radius 2 is 0.681 bits per heavy atom. The summed E-state index contributed by atoms with van der Waals surface area (Å²) in [6.45, 7) is 0. The van der Waals surface area contributed by atoms with Crippen molar-refractivity contribution in [2.75, 3.05) is 4.90 Å². The maximum absolute atomic E-state index is 2.44. The second kappa shape index (κ2) is 15.6. The molecule has 14 rings (SSSR count). The van der Waals surface area contributed by atoms with Crippen LogP contribution in [0.25, 0.3) is 83.1 Å².